The molecule has 4 nitrogen and oxygen atoms in total. The van der Waals surface area contributed by atoms with E-state index in [1.807, 2.05) is 30.3 Å². The monoisotopic (exact) mass is 322 g/mol. The molecule has 1 amide bonds. The molecule has 1 atom stereocenters. The lowest BCUT2D eigenvalue weighted by atomic mass is 10.0. The molecule has 1 heterocycles. The largest absolute Gasteiger partial charge is 0.379 e. The fourth-order valence-electron chi connectivity index (χ4n) is 2.63. The second-order valence-corrected chi connectivity index (χ2v) is 6.91. The molecular weight excluding hydrogens is 296 g/mol. The molecule has 1 aromatic carbocycles. The summed E-state index contributed by atoms with van der Waals surface area (Å²) in [6.07, 6.45) is 0. The number of nitrogens with zero attached hydrogens (tertiary/aromatic N) is 1. The third kappa shape index (κ3) is 5.63. The Balaban J connectivity index is 1.75. The van der Waals surface area contributed by atoms with E-state index >= 15 is 0 Å². The molecule has 0 spiro atoms. The molecule has 22 heavy (non-hydrogen) atoms. The van der Waals surface area contributed by atoms with Gasteiger partial charge in [-0.05, 0) is 18.1 Å². The molecule has 1 aliphatic heterocycles. The van der Waals surface area contributed by atoms with Gasteiger partial charge in [-0.1, -0.05) is 32.0 Å². The first-order chi connectivity index (χ1) is 10.7. The Morgan fingerprint density at radius 2 is 1.95 bits per heavy atom. The van der Waals surface area contributed by atoms with Gasteiger partial charge in [0.05, 0.1) is 19.0 Å². The Bertz CT molecular complexity index is 447. The summed E-state index contributed by atoms with van der Waals surface area (Å²) in [7, 11) is 0. The van der Waals surface area contributed by atoms with E-state index in [1.165, 1.54) is 0 Å². The number of morpholine rings is 1. The second-order valence-electron chi connectivity index (χ2n) is 5.87. The highest BCUT2D eigenvalue weighted by Crippen LogP contribution is 2.16. The van der Waals surface area contributed by atoms with Crippen molar-refractivity contribution < 1.29 is 9.53 Å². The highest BCUT2D eigenvalue weighted by molar-refractivity contribution is 8.00. The van der Waals surface area contributed by atoms with Gasteiger partial charge in [0, 0.05) is 30.6 Å². The van der Waals surface area contributed by atoms with Crippen LogP contribution < -0.4 is 5.32 Å². The average Bonchev–Trinajstić information content (AvgIpc) is 2.55. The van der Waals surface area contributed by atoms with Gasteiger partial charge in [-0.2, -0.15) is 0 Å². The fraction of sp³-hybridized carbons (Fsp3) is 0.588. The summed E-state index contributed by atoms with van der Waals surface area (Å²) in [6.45, 7) is 8.64. The summed E-state index contributed by atoms with van der Waals surface area (Å²) < 4.78 is 5.41. The second kappa shape index (κ2) is 9.18. The predicted octanol–water partition coefficient (Wildman–Crippen LogP) is 2.25. The van der Waals surface area contributed by atoms with Crippen molar-refractivity contribution in [2.45, 2.75) is 24.8 Å². The molecule has 0 aliphatic carbocycles. The van der Waals surface area contributed by atoms with Gasteiger partial charge >= 0.3 is 0 Å². The SMILES string of the molecule is CC(C)C(CNC(=O)CSc1ccccc1)N1CCOCC1. The van der Waals surface area contributed by atoms with E-state index in [0.717, 1.165) is 31.2 Å². The van der Waals surface area contributed by atoms with Crippen LogP contribution in [0.1, 0.15) is 13.8 Å². The van der Waals surface area contributed by atoms with Gasteiger partial charge in [-0.3, -0.25) is 9.69 Å². The predicted molar refractivity (Wildman–Crippen MR) is 91.2 cm³/mol. The van der Waals surface area contributed by atoms with Crippen LogP contribution in [0, 0.1) is 5.92 Å². The van der Waals surface area contributed by atoms with Gasteiger partial charge < -0.3 is 10.1 Å². The lowest BCUT2D eigenvalue weighted by Crippen LogP contribution is -2.51. The van der Waals surface area contributed by atoms with Crippen LogP contribution >= 0.6 is 11.8 Å². The Kier molecular flexibility index (Phi) is 7.22. The lowest BCUT2D eigenvalue weighted by molar-refractivity contribution is -0.119. The van der Waals surface area contributed by atoms with Crippen molar-refractivity contribution in [2.24, 2.45) is 5.92 Å². The molecule has 0 bridgehead atoms. The van der Waals surface area contributed by atoms with Gasteiger partial charge in [0.25, 0.3) is 0 Å². The van der Waals surface area contributed by atoms with E-state index in [0.29, 0.717) is 24.3 Å². The third-order valence-electron chi connectivity index (χ3n) is 3.91. The Morgan fingerprint density at radius 1 is 1.27 bits per heavy atom. The Hall–Kier alpha value is -1.04. The van der Waals surface area contributed by atoms with Crippen LogP contribution in [0.25, 0.3) is 0 Å². The van der Waals surface area contributed by atoms with Crippen molar-refractivity contribution in [1.29, 1.82) is 0 Å². The minimum Gasteiger partial charge on any atom is -0.379 e. The number of carbonyl (C=O) groups is 1. The number of hydrogen-bond acceptors (Lipinski definition) is 4. The molecular formula is C17H26N2O2S. The van der Waals surface area contributed by atoms with Crippen LogP contribution in [0.3, 0.4) is 0 Å². The first-order valence-corrected chi connectivity index (χ1v) is 8.91. The summed E-state index contributed by atoms with van der Waals surface area (Å²) in [5.74, 6) is 1.09. The van der Waals surface area contributed by atoms with Crippen LogP contribution in [0.15, 0.2) is 35.2 Å². The topological polar surface area (TPSA) is 41.6 Å². The number of ether oxygens (including phenoxy) is 1. The van der Waals surface area contributed by atoms with Crippen LogP contribution in [0.2, 0.25) is 0 Å². The third-order valence-corrected chi connectivity index (χ3v) is 4.92. The lowest BCUT2D eigenvalue weighted by Gasteiger charge is -2.36. The molecule has 122 valence electrons. The molecule has 0 radical (unpaired) electrons. The van der Waals surface area contributed by atoms with Gasteiger partial charge in [-0.15, -0.1) is 11.8 Å². The van der Waals surface area contributed by atoms with Crippen molar-refractivity contribution >= 4 is 17.7 Å². The molecule has 1 aromatic rings. The van der Waals surface area contributed by atoms with Gasteiger partial charge in [0.2, 0.25) is 5.91 Å². The molecule has 1 saturated heterocycles. The summed E-state index contributed by atoms with van der Waals surface area (Å²) >= 11 is 1.58. The van der Waals surface area contributed by atoms with E-state index in [2.05, 4.69) is 24.1 Å². The van der Waals surface area contributed by atoms with Crippen LogP contribution in [-0.4, -0.2) is 55.4 Å². The number of amides is 1. The first-order valence-electron chi connectivity index (χ1n) is 7.93. The zero-order valence-electron chi connectivity index (χ0n) is 13.5. The van der Waals surface area contributed by atoms with Crippen molar-refractivity contribution in [3.63, 3.8) is 0 Å². The molecule has 1 fully saturated rings. The smallest absolute Gasteiger partial charge is 0.230 e. The zero-order chi connectivity index (χ0) is 15.8. The standard InChI is InChI=1S/C17H26N2O2S/c1-14(2)16(19-8-10-21-11-9-19)12-18-17(20)13-22-15-6-4-3-5-7-15/h3-7,14,16H,8-13H2,1-2H3,(H,18,20). The normalized spacial score (nSPS) is 17.4. The zero-order valence-corrected chi connectivity index (χ0v) is 14.3. The molecule has 0 saturated carbocycles. The van der Waals surface area contributed by atoms with Crippen LogP contribution in [-0.2, 0) is 9.53 Å². The molecule has 0 aromatic heterocycles. The number of rotatable bonds is 7. The summed E-state index contributed by atoms with van der Waals surface area (Å²) in [6, 6.07) is 10.4. The van der Waals surface area contributed by atoms with E-state index < -0.39 is 0 Å². The Morgan fingerprint density at radius 3 is 2.59 bits per heavy atom. The highest BCUT2D eigenvalue weighted by Gasteiger charge is 2.24. The van der Waals surface area contributed by atoms with Crippen molar-refractivity contribution in [2.75, 3.05) is 38.6 Å². The van der Waals surface area contributed by atoms with Gasteiger partial charge in [0.15, 0.2) is 0 Å². The number of hydrogen-bond donors (Lipinski definition) is 1. The molecule has 5 heteroatoms. The first kappa shape index (κ1) is 17.3. The van der Waals surface area contributed by atoms with Crippen molar-refractivity contribution in [3.8, 4) is 0 Å². The summed E-state index contributed by atoms with van der Waals surface area (Å²) in [5.41, 5.74) is 0. The maximum absolute atomic E-state index is 12.1. The number of thioether (sulfide) groups is 1. The minimum absolute atomic E-state index is 0.104. The summed E-state index contributed by atoms with van der Waals surface area (Å²) in [4.78, 5) is 15.6. The average molecular weight is 322 g/mol. The molecule has 1 aliphatic rings. The van der Waals surface area contributed by atoms with Crippen LogP contribution in [0.5, 0.6) is 0 Å². The van der Waals surface area contributed by atoms with E-state index in [-0.39, 0.29) is 5.91 Å². The van der Waals surface area contributed by atoms with Crippen LogP contribution in [0.4, 0.5) is 0 Å². The number of carbonyl (C=O) groups excluding carboxylic acids is 1. The van der Waals surface area contributed by atoms with Gasteiger partial charge in [0.1, 0.15) is 0 Å². The quantitative estimate of drug-likeness (QED) is 0.782. The minimum atomic E-state index is 0.104. The highest BCUT2D eigenvalue weighted by atomic mass is 32.2. The van der Waals surface area contributed by atoms with E-state index in [4.69, 9.17) is 4.74 Å². The number of nitrogens with one attached hydrogen (secondary N) is 1. The maximum Gasteiger partial charge on any atom is 0.230 e. The maximum atomic E-state index is 12.1. The van der Waals surface area contributed by atoms with Crippen molar-refractivity contribution in [3.05, 3.63) is 30.3 Å². The molecule has 1 unspecified atom stereocenters. The molecule has 1 N–H and O–H groups in total. The summed E-state index contributed by atoms with van der Waals surface area (Å²) in [5, 5.41) is 3.09. The van der Waals surface area contributed by atoms with E-state index in [1.54, 1.807) is 11.8 Å². The van der Waals surface area contributed by atoms with Gasteiger partial charge in [-0.25, -0.2) is 0 Å². The number of benzene rings is 1. The van der Waals surface area contributed by atoms with Crippen molar-refractivity contribution in [1.82, 2.24) is 10.2 Å². The Labute approximate surface area is 137 Å². The molecule has 2 rings (SSSR count). The van der Waals surface area contributed by atoms with E-state index in [9.17, 15) is 4.79 Å². The fourth-order valence-corrected chi connectivity index (χ4v) is 3.38.